The molecule has 2 N–H and O–H groups in total. The van der Waals surface area contributed by atoms with E-state index in [0.29, 0.717) is 30.9 Å². The van der Waals surface area contributed by atoms with Crippen LogP contribution < -0.4 is 5.73 Å². The molecule has 1 atom stereocenters. The minimum atomic E-state index is 0.0511. The van der Waals surface area contributed by atoms with E-state index in [-0.39, 0.29) is 12.0 Å². The smallest absolute Gasteiger partial charge is 0.254 e. The highest BCUT2D eigenvalue weighted by atomic mass is 16.5. The van der Waals surface area contributed by atoms with Crippen LogP contribution in [0.4, 0.5) is 5.69 Å². The van der Waals surface area contributed by atoms with E-state index in [1.807, 2.05) is 11.8 Å². The zero-order chi connectivity index (χ0) is 11.5. The summed E-state index contributed by atoms with van der Waals surface area (Å²) >= 11 is 0. The Morgan fingerprint density at radius 2 is 2.12 bits per heavy atom. The quantitative estimate of drug-likeness (QED) is 0.722. The zero-order valence-electron chi connectivity index (χ0n) is 9.35. The molecule has 1 aliphatic heterocycles. The highest BCUT2D eigenvalue weighted by molar-refractivity contribution is 5.94. The standard InChI is InChI=1S/C12H16N2O2/c1-9-8-14(6-7-16-9)12(15)10-2-4-11(13)5-3-10/h2-5,9H,6-8,13H2,1H3. The fraction of sp³-hybridized carbons (Fsp3) is 0.417. The van der Waals surface area contributed by atoms with Crippen molar-refractivity contribution >= 4 is 11.6 Å². The van der Waals surface area contributed by atoms with Gasteiger partial charge in [-0.05, 0) is 31.2 Å². The van der Waals surface area contributed by atoms with Crippen LogP contribution in [0.5, 0.6) is 0 Å². The number of carbonyl (C=O) groups is 1. The average molecular weight is 220 g/mol. The topological polar surface area (TPSA) is 55.6 Å². The Kier molecular flexibility index (Phi) is 3.10. The van der Waals surface area contributed by atoms with E-state index < -0.39 is 0 Å². The number of benzene rings is 1. The third kappa shape index (κ3) is 2.33. The summed E-state index contributed by atoms with van der Waals surface area (Å²) in [7, 11) is 0. The number of morpholine rings is 1. The molecule has 16 heavy (non-hydrogen) atoms. The lowest BCUT2D eigenvalue weighted by Crippen LogP contribution is -2.44. The minimum absolute atomic E-state index is 0.0511. The van der Waals surface area contributed by atoms with E-state index in [9.17, 15) is 4.79 Å². The molecule has 2 rings (SSSR count). The number of hydrogen-bond acceptors (Lipinski definition) is 3. The first-order valence-corrected chi connectivity index (χ1v) is 5.43. The van der Waals surface area contributed by atoms with Gasteiger partial charge in [0.1, 0.15) is 0 Å². The molecule has 0 aliphatic carbocycles. The van der Waals surface area contributed by atoms with Gasteiger partial charge in [-0.15, -0.1) is 0 Å². The lowest BCUT2D eigenvalue weighted by atomic mass is 10.1. The molecule has 0 bridgehead atoms. The zero-order valence-corrected chi connectivity index (χ0v) is 9.35. The molecule has 4 heteroatoms. The van der Waals surface area contributed by atoms with Crippen molar-refractivity contribution in [3.8, 4) is 0 Å². The Balaban J connectivity index is 2.09. The number of ether oxygens (including phenoxy) is 1. The molecule has 0 saturated carbocycles. The van der Waals surface area contributed by atoms with Crippen molar-refractivity contribution in [2.24, 2.45) is 0 Å². The summed E-state index contributed by atoms with van der Waals surface area (Å²) in [5.74, 6) is 0.0511. The molecule has 1 heterocycles. The number of nitrogen functional groups attached to an aromatic ring is 1. The van der Waals surface area contributed by atoms with Gasteiger partial charge in [-0.2, -0.15) is 0 Å². The van der Waals surface area contributed by atoms with Crippen molar-refractivity contribution in [2.75, 3.05) is 25.4 Å². The summed E-state index contributed by atoms with van der Waals surface area (Å²) in [4.78, 5) is 13.9. The maximum Gasteiger partial charge on any atom is 0.254 e. The Bertz CT molecular complexity index is 375. The van der Waals surface area contributed by atoms with Crippen LogP contribution in [-0.4, -0.2) is 36.6 Å². The van der Waals surface area contributed by atoms with Crippen molar-refractivity contribution in [3.63, 3.8) is 0 Å². The fourth-order valence-electron chi connectivity index (χ4n) is 1.81. The van der Waals surface area contributed by atoms with Crippen molar-refractivity contribution in [1.29, 1.82) is 0 Å². The molecule has 0 aromatic heterocycles. The van der Waals surface area contributed by atoms with Gasteiger partial charge in [-0.1, -0.05) is 0 Å². The molecule has 1 aromatic rings. The Labute approximate surface area is 95.0 Å². The van der Waals surface area contributed by atoms with Crippen molar-refractivity contribution < 1.29 is 9.53 Å². The van der Waals surface area contributed by atoms with Crippen LogP contribution in [0.25, 0.3) is 0 Å². The molecular weight excluding hydrogens is 204 g/mol. The molecule has 1 aromatic carbocycles. The first-order valence-electron chi connectivity index (χ1n) is 5.43. The second-order valence-electron chi connectivity index (χ2n) is 4.05. The van der Waals surface area contributed by atoms with E-state index in [0.717, 1.165) is 0 Å². The molecule has 4 nitrogen and oxygen atoms in total. The lowest BCUT2D eigenvalue weighted by molar-refractivity contribution is -0.0124. The van der Waals surface area contributed by atoms with Crippen LogP contribution in [0.2, 0.25) is 0 Å². The number of nitrogens with two attached hydrogens (primary N) is 1. The predicted octanol–water partition coefficient (Wildman–Crippen LogP) is 1.13. The van der Waals surface area contributed by atoms with Gasteiger partial charge < -0.3 is 15.4 Å². The fourth-order valence-corrected chi connectivity index (χ4v) is 1.81. The van der Waals surface area contributed by atoms with E-state index in [2.05, 4.69) is 0 Å². The number of nitrogens with zero attached hydrogens (tertiary/aromatic N) is 1. The first-order chi connectivity index (χ1) is 7.66. The number of anilines is 1. The SMILES string of the molecule is CC1CN(C(=O)c2ccc(N)cc2)CCO1. The van der Waals surface area contributed by atoms with Gasteiger partial charge in [0, 0.05) is 24.3 Å². The normalized spacial score (nSPS) is 20.8. The maximum absolute atomic E-state index is 12.1. The number of carbonyl (C=O) groups excluding carboxylic acids is 1. The Hall–Kier alpha value is -1.55. The van der Waals surface area contributed by atoms with Crippen LogP contribution in [0, 0.1) is 0 Å². The van der Waals surface area contributed by atoms with Crippen LogP contribution in [0.3, 0.4) is 0 Å². The lowest BCUT2D eigenvalue weighted by Gasteiger charge is -2.31. The monoisotopic (exact) mass is 220 g/mol. The number of amides is 1. The van der Waals surface area contributed by atoms with Crippen LogP contribution in [-0.2, 0) is 4.74 Å². The summed E-state index contributed by atoms with van der Waals surface area (Å²) in [5, 5.41) is 0. The molecule has 1 saturated heterocycles. The second-order valence-corrected chi connectivity index (χ2v) is 4.05. The van der Waals surface area contributed by atoms with Gasteiger partial charge >= 0.3 is 0 Å². The number of rotatable bonds is 1. The molecule has 0 spiro atoms. The molecule has 1 unspecified atom stereocenters. The van der Waals surface area contributed by atoms with Crippen molar-refractivity contribution in [1.82, 2.24) is 4.90 Å². The summed E-state index contributed by atoms with van der Waals surface area (Å²) in [5.41, 5.74) is 6.94. The second kappa shape index (κ2) is 4.53. The summed E-state index contributed by atoms with van der Waals surface area (Å²) in [6, 6.07) is 7.02. The molecule has 0 radical (unpaired) electrons. The molecule has 1 aliphatic rings. The average Bonchev–Trinajstić information content (AvgIpc) is 2.29. The van der Waals surface area contributed by atoms with E-state index in [1.165, 1.54) is 0 Å². The first kappa shape index (κ1) is 11.0. The number of hydrogen-bond donors (Lipinski definition) is 1. The summed E-state index contributed by atoms with van der Waals surface area (Å²) in [6.45, 7) is 3.90. The van der Waals surface area contributed by atoms with Gasteiger partial charge in [-0.25, -0.2) is 0 Å². The van der Waals surface area contributed by atoms with Crippen LogP contribution in [0.1, 0.15) is 17.3 Å². The summed E-state index contributed by atoms with van der Waals surface area (Å²) < 4.78 is 5.40. The van der Waals surface area contributed by atoms with Gasteiger partial charge in [0.2, 0.25) is 0 Å². The van der Waals surface area contributed by atoms with Crippen molar-refractivity contribution in [2.45, 2.75) is 13.0 Å². The Morgan fingerprint density at radius 1 is 1.44 bits per heavy atom. The van der Waals surface area contributed by atoms with Gasteiger partial charge in [0.05, 0.1) is 12.7 Å². The van der Waals surface area contributed by atoms with E-state index in [4.69, 9.17) is 10.5 Å². The minimum Gasteiger partial charge on any atom is -0.399 e. The summed E-state index contributed by atoms with van der Waals surface area (Å²) in [6.07, 6.45) is 0.117. The highest BCUT2D eigenvalue weighted by Crippen LogP contribution is 2.12. The van der Waals surface area contributed by atoms with E-state index in [1.54, 1.807) is 24.3 Å². The molecule has 1 amide bonds. The third-order valence-electron chi connectivity index (χ3n) is 2.69. The van der Waals surface area contributed by atoms with Crippen LogP contribution >= 0.6 is 0 Å². The largest absolute Gasteiger partial charge is 0.399 e. The highest BCUT2D eigenvalue weighted by Gasteiger charge is 2.22. The maximum atomic E-state index is 12.1. The van der Waals surface area contributed by atoms with Crippen LogP contribution in [0.15, 0.2) is 24.3 Å². The molecule has 86 valence electrons. The predicted molar refractivity (Wildman–Crippen MR) is 62.2 cm³/mol. The van der Waals surface area contributed by atoms with Crippen molar-refractivity contribution in [3.05, 3.63) is 29.8 Å². The molecule has 1 fully saturated rings. The van der Waals surface area contributed by atoms with Gasteiger partial charge in [0.15, 0.2) is 0 Å². The van der Waals surface area contributed by atoms with Gasteiger partial charge in [-0.3, -0.25) is 4.79 Å². The van der Waals surface area contributed by atoms with Gasteiger partial charge in [0.25, 0.3) is 5.91 Å². The molecular formula is C12H16N2O2. The van der Waals surface area contributed by atoms with E-state index >= 15 is 0 Å². The Morgan fingerprint density at radius 3 is 2.75 bits per heavy atom. The third-order valence-corrected chi connectivity index (χ3v) is 2.69.